The molecule has 0 spiro atoms. The molecule has 3 N–H and O–H groups in total. The van der Waals surface area contributed by atoms with Crippen LogP contribution < -0.4 is 11.1 Å². The van der Waals surface area contributed by atoms with Gasteiger partial charge in [-0.15, -0.1) is 0 Å². The zero-order chi connectivity index (χ0) is 14.6. The van der Waals surface area contributed by atoms with Gasteiger partial charge in [-0.3, -0.25) is 4.79 Å². The molecule has 118 valence electrons. The van der Waals surface area contributed by atoms with Gasteiger partial charge < -0.3 is 20.5 Å². The second-order valence-corrected chi connectivity index (χ2v) is 6.15. The van der Waals surface area contributed by atoms with Gasteiger partial charge in [-0.05, 0) is 43.6 Å². The second kappa shape index (κ2) is 11.4. The first-order valence-electron chi connectivity index (χ1n) is 7.41. The number of nitrogens with one attached hydrogen (secondary N) is 1. The third-order valence-corrected chi connectivity index (χ3v) is 4.07. The van der Waals surface area contributed by atoms with Crippen molar-refractivity contribution < 1.29 is 14.3 Å². The Labute approximate surface area is 126 Å². The number of ether oxygens (including phenoxy) is 2. The highest BCUT2D eigenvalue weighted by Crippen LogP contribution is 2.14. The van der Waals surface area contributed by atoms with Crippen LogP contribution in [0.5, 0.6) is 0 Å². The smallest absolute Gasteiger partial charge is 0.236 e. The summed E-state index contributed by atoms with van der Waals surface area (Å²) in [6.07, 6.45) is 5.78. The van der Waals surface area contributed by atoms with Gasteiger partial charge in [0.2, 0.25) is 5.91 Å². The van der Waals surface area contributed by atoms with Crippen molar-refractivity contribution in [1.82, 2.24) is 5.32 Å². The number of hydrogen-bond donors (Lipinski definition) is 2. The molecule has 0 aromatic carbocycles. The Morgan fingerprint density at radius 2 is 2.25 bits per heavy atom. The van der Waals surface area contributed by atoms with Crippen molar-refractivity contribution in [3.63, 3.8) is 0 Å². The van der Waals surface area contributed by atoms with Crippen molar-refractivity contribution in [2.45, 2.75) is 31.7 Å². The minimum Gasteiger partial charge on any atom is -0.381 e. The van der Waals surface area contributed by atoms with Crippen molar-refractivity contribution in [1.29, 1.82) is 0 Å². The summed E-state index contributed by atoms with van der Waals surface area (Å²) in [4.78, 5) is 11.6. The van der Waals surface area contributed by atoms with Crippen LogP contribution >= 0.6 is 11.8 Å². The van der Waals surface area contributed by atoms with E-state index in [0.29, 0.717) is 19.1 Å². The lowest BCUT2D eigenvalue weighted by Crippen LogP contribution is -2.41. The van der Waals surface area contributed by atoms with Crippen molar-refractivity contribution in [3.8, 4) is 0 Å². The molecule has 0 bridgehead atoms. The highest BCUT2D eigenvalue weighted by atomic mass is 32.2. The van der Waals surface area contributed by atoms with Crippen molar-refractivity contribution >= 4 is 17.7 Å². The first-order valence-corrected chi connectivity index (χ1v) is 8.81. The summed E-state index contributed by atoms with van der Waals surface area (Å²) >= 11 is 1.71. The van der Waals surface area contributed by atoms with Crippen LogP contribution in [0.2, 0.25) is 0 Å². The van der Waals surface area contributed by atoms with Crippen molar-refractivity contribution in [3.05, 3.63) is 0 Å². The minimum atomic E-state index is -0.384. The fraction of sp³-hybridized carbons (Fsp3) is 0.929. The second-order valence-electron chi connectivity index (χ2n) is 5.16. The minimum absolute atomic E-state index is 0.0523. The van der Waals surface area contributed by atoms with E-state index in [9.17, 15) is 4.79 Å². The quantitative estimate of drug-likeness (QED) is 0.589. The lowest BCUT2D eigenvalue weighted by Gasteiger charge is -2.21. The maximum absolute atomic E-state index is 11.6. The van der Waals surface area contributed by atoms with Crippen LogP contribution in [0.25, 0.3) is 0 Å². The Morgan fingerprint density at radius 1 is 1.50 bits per heavy atom. The molecule has 1 aliphatic heterocycles. The van der Waals surface area contributed by atoms with Crippen LogP contribution in [0.4, 0.5) is 0 Å². The number of amides is 1. The zero-order valence-corrected chi connectivity index (χ0v) is 13.3. The van der Waals surface area contributed by atoms with Crippen LogP contribution in [0, 0.1) is 5.92 Å². The van der Waals surface area contributed by atoms with Gasteiger partial charge in [0.25, 0.3) is 0 Å². The Kier molecular flexibility index (Phi) is 10.1. The van der Waals surface area contributed by atoms with Gasteiger partial charge in [0.1, 0.15) is 0 Å². The molecule has 5 nitrogen and oxygen atoms in total. The molecular formula is C14H28N2O3S. The van der Waals surface area contributed by atoms with Crippen LogP contribution in [-0.2, 0) is 14.3 Å². The van der Waals surface area contributed by atoms with E-state index in [2.05, 4.69) is 5.32 Å². The van der Waals surface area contributed by atoms with Gasteiger partial charge in [0, 0.05) is 33.0 Å². The molecule has 1 saturated heterocycles. The van der Waals surface area contributed by atoms with Crippen LogP contribution in [0.15, 0.2) is 0 Å². The largest absolute Gasteiger partial charge is 0.381 e. The van der Waals surface area contributed by atoms with Gasteiger partial charge in [-0.1, -0.05) is 0 Å². The summed E-state index contributed by atoms with van der Waals surface area (Å²) in [7, 11) is 0. The van der Waals surface area contributed by atoms with Crippen LogP contribution in [0.1, 0.15) is 25.7 Å². The van der Waals surface area contributed by atoms with E-state index in [1.807, 2.05) is 6.26 Å². The molecule has 1 aliphatic rings. The third-order valence-electron chi connectivity index (χ3n) is 3.43. The number of rotatable bonds is 10. The van der Waals surface area contributed by atoms with Gasteiger partial charge >= 0.3 is 0 Å². The van der Waals surface area contributed by atoms with E-state index in [1.165, 1.54) is 0 Å². The Bertz CT molecular complexity index is 261. The Morgan fingerprint density at radius 3 is 2.95 bits per heavy atom. The third kappa shape index (κ3) is 8.09. The maximum atomic E-state index is 11.6. The SMILES string of the molecule is CSCC[C@H](N)C(=O)NCCCOCC1CCOCC1. The molecule has 6 heteroatoms. The monoisotopic (exact) mass is 304 g/mol. The fourth-order valence-electron chi connectivity index (χ4n) is 2.06. The molecule has 1 heterocycles. The molecule has 0 aromatic heterocycles. The van der Waals surface area contributed by atoms with Gasteiger partial charge in [-0.2, -0.15) is 11.8 Å². The first-order chi connectivity index (χ1) is 9.74. The lowest BCUT2D eigenvalue weighted by molar-refractivity contribution is -0.122. The summed E-state index contributed by atoms with van der Waals surface area (Å²) < 4.78 is 10.9. The van der Waals surface area contributed by atoms with E-state index in [4.69, 9.17) is 15.2 Å². The highest BCUT2D eigenvalue weighted by Gasteiger charge is 2.14. The average Bonchev–Trinajstić information content (AvgIpc) is 2.49. The topological polar surface area (TPSA) is 73.6 Å². The number of nitrogens with two attached hydrogens (primary N) is 1. The van der Waals surface area contributed by atoms with E-state index in [0.717, 1.165) is 51.3 Å². The molecule has 0 saturated carbocycles. The predicted octanol–water partition coefficient (Wildman–Crippen LogP) is 1.02. The summed E-state index contributed by atoms with van der Waals surface area (Å²) in [5, 5.41) is 2.86. The molecule has 20 heavy (non-hydrogen) atoms. The summed E-state index contributed by atoms with van der Waals surface area (Å²) in [6.45, 7) is 3.86. The number of hydrogen-bond acceptors (Lipinski definition) is 5. The molecule has 1 fully saturated rings. The molecule has 0 radical (unpaired) electrons. The normalized spacial score (nSPS) is 17.9. The Hall–Kier alpha value is -0.300. The summed E-state index contributed by atoms with van der Waals surface area (Å²) in [5.41, 5.74) is 5.77. The molecule has 0 unspecified atom stereocenters. The zero-order valence-electron chi connectivity index (χ0n) is 12.4. The van der Waals surface area contributed by atoms with Gasteiger partial charge in [0.15, 0.2) is 0 Å². The number of carbonyl (C=O) groups excluding carboxylic acids is 1. The molecular weight excluding hydrogens is 276 g/mol. The van der Waals surface area contributed by atoms with Crippen LogP contribution in [0.3, 0.4) is 0 Å². The highest BCUT2D eigenvalue weighted by molar-refractivity contribution is 7.98. The summed E-state index contributed by atoms with van der Waals surface area (Å²) in [5.74, 6) is 1.50. The standard InChI is InChI=1S/C14H28N2O3S/c1-20-10-5-13(15)14(17)16-6-2-7-19-11-12-3-8-18-9-4-12/h12-13H,2-11,15H2,1H3,(H,16,17)/t13-/m0/s1. The number of thioether (sulfide) groups is 1. The first kappa shape index (κ1) is 17.8. The Balaban J connectivity index is 1.91. The van der Waals surface area contributed by atoms with Gasteiger partial charge in [-0.25, -0.2) is 0 Å². The molecule has 1 amide bonds. The summed E-state index contributed by atoms with van der Waals surface area (Å²) in [6, 6.07) is -0.384. The lowest BCUT2D eigenvalue weighted by atomic mass is 10.0. The average molecular weight is 304 g/mol. The fourth-order valence-corrected chi connectivity index (χ4v) is 2.55. The van der Waals surface area contributed by atoms with E-state index in [1.54, 1.807) is 11.8 Å². The molecule has 0 aromatic rings. The van der Waals surface area contributed by atoms with Gasteiger partial charge in [0.05, 0.1) is 6.04 Å². The molecule has 0 aliphatic carbocycles. The van der Waals surface area contributed by atoms with Crippen molar-refractivity contribution in [2.24, 2.45) is 11.7 Å². The predicted molar refractivity (Wildman–Crippen MR) is 83.0 cm³/mol. The van der Waals surface area contributed by atoms with E-state index in [-0.39, 0.29) is 11.9 Å². The number of carbonyl (C=O) groups is 1. The molecule has 1 rings (SSSR count). The maximum Gasteiger partial charge on any atom is 0.236 e. The molecule has 1 atom stereocenters. The van der Waals surface area contributed by atoms with Crippen LogP contribution in [-0.4, -0.2) is 56.9 Å². The van der Waals surface area contributed by atoms with E-state index >= 15 is 0 Å². The van der Waals surface area contributed by atoms with Crippen molar-refractivity contribution in [2.75, 3.05) is 45.0 Å². The van der Waals surface area contributed by atoms with E-state index < -0.39 is 0 Å².